The minimum Gasteiger partial charge on any atom is -0.371 e. The molecule has 1 saturated carbocycles. The van der Waals surface area contributed by atoms with Crippen molar-refractivity contribution in [1.29, 1.82) is 0 Å². The average molecular weight is 508 g/mol. The van der Waals surface area contributed by atoms with Gasteiger partial charge in [0.1, 0.15) is 11.9 Å². The highest BCUT2D eigenvalue weighted by molar-refractivity contribution is 5.85. The maximum Gasteiger partial charge on any atom is 0.252 e. The summed E-state index contributed by atoms with van der Waals surface area (Å²) >= 11 is 0. The molecule has 2 aliphatic rings. The molecule has 0 radical (unpaired) electrons. The highest BCUT2D eigenvalue weighted by Crippen LogP contribution is 2.44. The van der Waals surface area contributed by atoms with E-state index in [1.54, 1.807) is 32.0 Å². The summed E-state index contributed by atoms with van der Waals surface area (Å²) in [6.45, 7) is 7.05. The van der Waals surface area contributed by atoms with E-state index in [2.05, 4.69) is 5.32 Å². The van der Waals surface area contributed by atoms with E-state index in [0.717, 1.165) is 12.1 Å². The lowest BCUT2D eigenvalue weighted by Crippen LogP contribution is -2.60. The van der Waals surface area contributed by atoms with Crippen molar-refractivity contribution >= 4 is 5.91 Å². The largest absolute Gasteiger partial charge is 0.371 e. The van der Waals surface area contributed by atoms with Gasteiger partial charge in [0.05, 0.1) is 25.4 Å². The summed E-state index contributed by atoms with van der Waals surface area (Å²) in [6.07, 6.45) is -1.44. The number of carbonyl (C=O) groups is 1. The van der Waals surface area contributed by atoms with Crippen LogP contribution in [-0.4, -0.2) is 41.6 Å². The first-order valence-corrected chi connectivity index (χ1v) is 12.1. The first kappa shape index (κ1) is 26.6. The van der Waals surface area contributed by atoms with Gasteiger partial charge >= 0.3 is 0 Å². The Morgan fingerprint density at radius 1 is 1.03 bits per heavy atom. The zero-order chi connectivity index (χ0) is 26.1. The van der Waals surface area contributed by atoms with E-state index < -0.39 is 47.2 Å². The summed E-state index contributed by atoms with van der Waals surface area (Å²) < 4.78 is 66.0. The fourth-order valence-corrected chi connectivity index (χ4v) is 4.77. The monoisotopic (exact) mass is 507 g/mol. The predicted molar refractivity (Wildman–Crippen MR) is 125 cm³/mol. The third kappa shape index (κ3) is 5.91. The van der Waals surface area contributed by atoms with Crippen LogP contribution < -0.4 is 5.32 Å². The fourth-order valence-electron chi connectivity index (χ4n) is 4.77. The minimum atomic E-state index is -1.39. The lowest BCUT2D eigenvalue weighted by molar-refractivity contribution is -0.184. The van der Waals surface area contributed by atoms with Crippen LogP contribution in [0.15, 0.2) is 42.5 Å². The molecule has 4 atom stereocenters. The zero-order valence-electron chi connectivity index (χ0n) is 20.9. The third-order valence-electron chi connectivity index (χ3n) is 6.39. The maximum absolute atomic E-state index is 14.3. The smallest absolute Gasteiger partial charge is 0.252 e. The minimum absolute atomic E-state index is 0.0376. The Morgan fingerprint density at radius 2 is 1.78 bits per heavy atom. The van der Waals surface area contributed by atoms with E-state index in [1.165, 1.54) is 12.1 Å². The molecule has 2 aromatic rings. The van der Waals surface area contributed by atoms with Crippen molar-refractivity contribution in [1.82, 2.24) is 5.32 Å². The highest BCUT2D eigenvalue weighted by atomic mass is 19.2. The molecule has 1 aliphatic carbocycles. The number of benzene rings is 2. The van der Waals surface area contributed by atoms with Gasteiger partial charge in [-0.1, -0.05) is 24.3 Å². The first-order valence-electron chi connectivity index (χ1n) is 12.1. The maximum atomic E-state index is 14.3. The Labute approximate surface area is 209 Å². The summed E-state index contributed by atoms with van der Waals surface area (Å²) in [5, 5.41) is 2.91. The average Bonchev–Trinajstić information content (AvgIpc) is 3.12. The molecular weight excluding hydrogens is 475 g/mol. The number of carbonyl (C=O) groups excluding carboxylic acids is 1. The Kier molecular flexibility index (Phi) is 7.75. The second-order valence-corrected chi connectivity index (χ2v) is 10.1. The number of halogens is 3. The summed E-state index contributed by atoms with van der Waals surface area (Å²) in [5.41, 5.74) is -0.644. The van der Waals surface area contributed by atoms with Crippen molar-refractivity contribution in [2.75, 3.05) is 0 Å². The standard InChI is InChI=1S/C27H32F3NO5/c1-16(2)31-25(32)27(34-15-18-7-5-6-8-19(18)28)12-22(24-23(13-27)35-26(3,4)36-24)33-14-17-9-10-20(29)21(30)11-17/h5-11,16,22-24H,12-15H2,1-4H3,(H,31,32)/t22?,23-,24+,27-/m1/s1. The Balaban J connectivity index is 1.62. The van der Waals surface area contributed by atoms with Crippen LogP contribution in [0.4, 0.5) is 13.2 Å². The van der Waals surface area contributed by atoms with Crippen LogP contribution in [0.25, 0.3) is 0 Å². The lowest BCUT2D eigenvalue weighted by Gasteiger charge is -2.43. The Bertz CT molecular complexity index is 1090. The molecule has 1 heterocycles. The quantitative estimate of drug-likeness (QED) is 0.557. The van der Waals surface area contributed by atoms with Crippen molar-refractivity contribution in [2.24, 2.45) is 0 Å². The molecule has 1 amide bonds. The lowest BCUT2D eigenvalue weighted by atomic mass is 9.78. The van der Waals surface area contributed by atoms with E-state index in [0.29, 0.717) is 11.1 Å². The molecule has 36 heavy (non-hydrogen) atoms. The van der Waals surface area contributed by atoms with Crippen molar-refractivity contribution < 1.29 is 36.9 Å². The van der Waals surface area contributed by atoms with Crippen LogP contribution >= 0.6 is 0 Å². The predicted octanol–water partition coefficient (Wildman–Crippen LogP) is 4.78. The van der Waals surface area contributed by atoms with Gasteiger partial charge in [0.2, 0.25) is 0 Å². The van der Waals surface area contributed by atoms with Crippen LogP contribution in [0.3, 0.4) is 0 Å². The van der Waals surface area contributed by atoms with Gasteiger partial charge in [-0.3, -0.25) is 4.79 Å². The van der Waals surface area contributed by atoms with Gasteiger partial charge in [-0.15, -0.1) is 0 Å². The molecule has 9 heteroatoms. The number of nitrogens with one attached hydrogen (secondary N) is 1. The normalized spacial score (nSPS) is 27.2. The van der Waals surface area contributed by atoms with E-state index in [-0.39, 0.29) is 38.0 Å². The second-order valence-electron chi connectivity index (χ2n) is 10.1. The van der Waals surface area contributed by atoms with E-state index in [1.807, 2.05) is 13.8 Å². The van der Waals surface area contributed by atoms with E-state index >= 15 is 0 Å². The van der Waals surface area contributed by atoms with E-state index in [4.69, 9.17) is 18.9 Å². The van der Waals surface area contributed by atoms with Crippen LogP contribution in [0, 0.1) is 17.5 Å². The number of amides is 1. The summed E-state index contributed by atoms with van der Waals surface area (Å²) in [4.78, 5) is 13.5. The van der Waals surface area contributed by atoms with Gasteiger partial charge in [0.15, 0.2) is 23.0 Å². The fraction of sp³-hybridized carbons (Fsp3) is 0.519. The number of ether oxygens (including phenoxy) is 4. The number of hydrogen-bond donors (Lipinski definition) is 1. The van der Waals surface area contributed by atoms with Crippen LogP contribution in [0.2, 0.25) is 0 Å². The molecule has 1 N–H and O–H groups in total. The van der Waals surface area contributed by atoms with Crippen LogP contribution in [0.5, 0.6) is 0 Å². The van der Waals surface area contributed by atoms with Gasteiger partial charge in [-0.25, -0.2) is 13.2 Å². The molecular formula is C27H32F3NO5. The molecule has 2 fully saturated rings. The molecule has 0 spiro atoms. The van der Waals surface area contributed by atoms with Crippen LogP contribution in [-0.2, 0) is 37.0 Å². The molecule has 0 bridgehead atoms. The highest BCUT2D eigenvalue weighted by Gasteiger charge is 2.58. The topological polar surface area (TPSA) is 66.0 Å². The third-order valence-corrected chi connectivity index (χ3v) is 6.39. The molecule has 2 aromatic carbocycles. The summed E-state index contributed by atoms with van der Waals surface area (Å²) in [7, 11) is 0. The molecule has 1 unspecified atom stereocenters. The number of hydrogen-bond acceptors (Lipinski definition) is 5. The number of rotatable bonds is 8. The van der Waals surface area contributed by atoms with Gasteiger partial charge in [-0.05, 0) is 51.5 Å². The van der Waals surface area contributed by atoms with Gasteiger partial charge in [-0.2, -0.15) is 0 Å². The Morgan fingerprint density at radius 3 is 2.47 bits per heavy atom. The first-order chi connectivity index (χ1) is 17.0. The van der Waals surface area contributed by atoms with Crippen molar-refractivity contribution in [3.05, 3.63) is 71.0 Å². The van der Waals surface area contributed by atoms with E-state index in [9.17, 15) is 18.0 Å². The molecule has 196 valence electrons. The van der Waals surface area contributed by atoms with Gasteiger partial charge in [0, 0.05) is 24.4 Å². The summed E-state index contributed by atoms with van der Waals surface area (Å²) in [6, 6.07) is 9.59. The molecule has 1 aliphatic heterocycles. The molecule has 1 saturated heterocycles. The second kappa shape index (κ2) is 10.5. The summed E-state index contributed by atoms with van der Waals surface area (Å²) in [5.74, 6) is -3.63. The van der Waals surface area contributed by atoms with Crippen molar-refractivity contribution in [3.8, 4) is 0 Å². The van der Waals surface area contributed by atoms with Crippen LogP contribution in [0.1, 0.15) is 51.7 Å². The van der Waals surface area contributed by atoms with Crippen molar-refractivity contribution in [3.63, 3.8) is 0 Å². The SMILES string of the molecule is CC(C)NC(=O)[C@@]1(OCc2ccccc2F)CC(OCc2ccc(F)c(F)c2)[C@@H]2OC(C)(C)O[C@@H]2C1. The van der Waals surface area contributed by atoms with Crippen molar-refractivity contribution in [2.45, 2.75) is 89.5 Å². The van der Waals surface area contributed by atoms with Gasteiger partial charge < -0.3 is 24.3 Å². The Hall–Kier alpha value is -2.46. The zero-order valence-corrected chi connectivity index (χ0v) is 20.9. The number of fused-ring (bicyclic) bond motifs is 1. The molecule has 4 rings (SSSR count). The van der Waals surface area contributed by atoms with Gasteiger partial charge in [0.25, 0.3) is 5.91 Å². The molecule has 6 nitrogen and oxygen atoms in total. The molecule has 0 aromatic heterocycles.